The van der Waals surface area contributed by atoms with Crippen molar-refractivity contribution in [3.05, 3.63) is 145 Å². The Bertz CT molecular complexity index is 3790. The number of furan rings is 1. The first-order valence-electron chi connectivity index (χ1n) is 22.6. The van der Waals surface area contributed by atoms with Crippen molar-refractivity contribution in [2.24, 2.45) is 0 Å². The van der Waals surface area contributed by atoms with Crippen molar-refractivity contribution in [1.29, 1.82) is 0 Å². The fraction of sp³-hybridized carbons (Fsp3) is 0.214. The second kappa shape index (κ2) is 13.8. The highest BCUT2D eigenvalue weighted by Crippen LogP contribution is 2.48. The van der Waals surface area contributed by atoms with Crippen LogP contribution in [0.15, 0.2) is 144 Å². The van der Waals surface area contributed by atoms with Gasteiger partial charge in [0.15, 0.2) is 0 Å². The summed E-state index contributed by atoms with van der Waals surface area (Å²) in [5.41, 5.74) is 3.97. The minimum atomic E-state index is -0.659. The molecule has 1 atom stereocenters. The molecule has 11 aromatic rings. The molecule has 0 N–H and O–H groups in total. The molecule has 0 radical (unpaired) electrons. The summed E-state index contributed by atoms with van der Waals surface area (Å²) in [5.74, 6) is 0. The molecule has 2 saturated heterocycles. The fourth-order valence-corrected chi connectivity index (χ4v) is 13.0. The van der Waals surface area contributed by atoms with Crippen molar-refractivity contribution in [1.82, 2.24) is 0 Å². The topological polar surface area (TPSA) is 50.1 Å². The van der Waals surface area contributed by atoms with E-state index in [9.17, 15) is 0 Å². The monoisotopic (exact) mass is 884 g/mol. The van der Waals surface area contributed by atoms with Gasteiger partial charge in [-0.3, -0.25) is 0 Å². The van der Waals surface area contributed by atoms with E-state index in [4.69, 9.17) is 23.0 Å². The predicted octanol–water partition coefficient (Wildman–Crippen LogP) is 14.1. The maximum atomic E-state index is 7.02. The van der Waals surface area contributed by atoms with Gasteiger partial charge in [-0.15, -0.1) is 22.7 Å². The number of rotatable bonds is 5. The first-order chi connectivity index (χ1) is 31.3. The van der Waals surface area contributed by atoms with Gasteiger partial charge < -0.3 is 23.0 Å². The zero-order valence-electron chi connectivity index (χ0n) is 37.5. The van der Waals surface area contributed by atoms with Crippen LogP contribution in [0.25, 0.3) is 94.8 Å². The lowest BCUT2D eigenvalue weighted by molar-refractivity contribution is -0.00875. The summed E-state index contributed by atoms with van der Waals surface area (Å²) in [6.07, 6.45) is 0.655. The van der Waals surface area contributed by atoms with Crippen LogP contribution in [0, 0.1) is 0 Å². The summed E-state index contributed by atoms with van der Waals surface area (Å²) in [6, 6.07) is 50.8. The maximum absolute atomic E-state index is 7.02. The molecule has 0 saturated carbocycles. The molecule has 0 amide bonds. The Hall–Kier alpha value is -5.51. The third kappa shape index (κ3) is 5.86. The Labute approximate surface area is 386 Å². The molecule has 0 aliphatic carbocycles. The molecule has 5 nitrogen and oxygen atoms in total. The molecule has 65 heavy (non-hydrogen) atoms. The number of fused-ring (bicyclic) bond motifs is 14. The van der Waals surface area contributed by atoms with Crippen LogP contribution in [-0.2, 0) is 25.0 Å². The summed E-state index contributed by atoms with van der Waals surface area (Å²) in [7, 11) is -1.12. The van der Waals surface area contributed by atoms with Crippen molar-refractivity contribution in [2.75, 3.05) is 0 Å². The van der Waals surface area contributed by atoms with Crippen LogP contribution in [-0.4, -0.2) is 36.6 Å². The number of hydrogen-bond acceptors (Lipinski definition) is 7. The minimum Gasteiger partial charge on any atom is -0.465 e. The lowest BCUT2D eigenvalue weighted by atomic mass is 9.76. The van der Waals surface area contributed by atoms with Gasteiger partial charge in [-0.1, -0.05) is 97.1 Å². The highest BCUT2D eigenvalue weighted by Gasteiger charge is 2.56. The van der Waals surface area contributed by atoms with E-state index in [1.165, 1.54) is 83.8 Å². The van der Waals surface area contributed by atoms with Crippen LogP contribution in [0.5, 0.6) is 0 Å². The van der Waals surface area contributed by atoms with Gasteiger partial charge in [0, 0.05) is 57.5 Å². The molecule has 3 aromatic heterocycles. The van der Waals surface area contributed by atoms with Gasteiger partial charge in [-0.2, -0.15) is 0 Å². The third-order valence-corrected chi connectivity index (χ3v) is 17.4. The molecule has 0 bridgehead atoms. The van der Waals surface area contributed by atoms with Crippen LogP contribution in [0.3, 0.4) is 0 Å². The molecule has 0 spiro atoms. The van der Waals surface area contributed by atoms with Gasteiger partial charge in [-0.25, -0.2) is 0 Å². The Morgan fingerprint density at radius 3 is 1.97 bits per heavy atom. The van der Waals surface area contributed by atoms with Gasteiger partial charge in [-0.05, 0) is 140 Å². The van der Waals surface area contributed by atoms with Crippen molar-refractivity contribution in [3.63, 3.8) is 0 Å². The van der Waals surface area contributed by atoms with Crippen molar-refractivity contribution >= 4 is 132 Å². The standard InChI is InChI=1S/C56H46B2O5S2/c1-53(2)54(3,4)61-57(60-53)42-19-13-21-45-51(42)50-40-17-11-10-16-38(40)39-25-22-32(28-41(39)52(50)65-45)31-56(7)55(5,6)62-58(63-56)47-30-35-29-34(23-26-43(35)59-47)37-18-12-20-44-49(37)48-36-15-9-8-14-33(36)24-27-46(48)64-44/h8-30H,31H2,1-7H3. The lowest BCUT2D eigenvalue weighted by Gasteiger charge is -2.36. The van der Waals surface area contributed by atoms with Gasteiger partial charge in [0.1, 0.15) is 11.2 Å². The van der Waals surface area contributed by atoms with Crippen LogP contribution in [0.1, 0.15) is 54.0 Å². The summed E-state index contributed by atoms with van der Waals surface area (Å²) >= 11 is 3.71. The molecule has 2 aliphatic rings. The Kier molecular flexibility index (Phi) is 8.44. The molecule has 5 heterocycles. The van der Waals surface area contributed by atoms with Crippen molar-refractivity contribution in [2.45, 2.75) is 77.3 Å². The van der Waals surface area contributed by atoms with E-state index in [2.05, 4.69) is 188 Å². The number of benzene rings is 8. The lowest BCUT2D eigenvalue weighted by Crippen LogP contribution is -2.46. The second-order valence-corrected chi connectivity index (χ2v) is 22.0. The molecule has 8 aromatic carbocycles. The van der Waals surface area contributed by atoms with Crippen molar-refractivity contribution in [3.8, 4) is 11.1 Å². The molecular weight excluding hydrogens is 838 g/mol. The quantitative estimate of drug-likeness (QED) is 0.127. The summed E-state index contributed by atoms with van der Waals surface area (Å²) in [6.45, 7) is 14.9. The third-order valence-electron chi connectivity index (χ3n) is 15.1. The van der Waals surface area contributed by atoms with E-state index < -0.39 is 36.6 Å². The van der Waals surface area contributed by atoms with Crippen LogP contribution in [0.2, 0.25) is 0 Å². The molecular formula is C56H46B2O5S2. The zero-order valence-corrected chi connectivity index (χ0v) is 39.1. The van der Waals surface area contributed by atoms with E-state index >= 15 is 0 Å². The van der Waals surface area contributed by atoms with Crippen LogP contribution in [0.4, 0.5) is 0 Å². The van der Waals surface area contributed by atoms with E-state index in [0.717, 1.165) is 22.0 Å². The summed E-state index contributed by atoms with van der Waals surface area (Å²) < 4.78 is 38.8. The van der Waals surface area contributed by atoms with Gasteiger partial charge >= 0.3 is 14.2 Å². The van der Waals surface area contributed by atoms with Gasteiger partial charge in [0.2, 0.25) is 0 Å². The minimum absolute atomic E-state index is 0.440. The fourth-order valence-electron chi connectivity index (χ4n) is 10.6. The molecule has 318 valence electrons. The molecule has 13 rings (SSSR count). The first kappa shape index (κ1) is 39.8. The molecule has 2 fully saturated rings. The normalized spacial score (nSPS) is 19.5. The first-order valence-corrected chi connectivity index (χ1v) is 24.3. The highest BCUT2D eigenvalue weighted by atomic mass is 32.1. The molecule has 2 aliphatic heterocycles. The van der Waals surface area contributed by atoms with E-state index in [0.29, 0.717) is 12.1 Å². The van der Waals surface area contributed by atoms with E-state index in [1.54, 1.807) is 0 Å². The molecule has 1 unspecified atom stereocenters. The number of thiophene rings is 2. The van der Waals surface area contributed by atoms with Crippen LogP contribution < -0.4 is 11.1 Å². The Balaban J connectivity index is 0.859. The smallest absolute Gasteiger partial charge is 0.465 e. The predicted molar refractivity (Wildman–Crippen MR) is 276 cm³/mol. The average Bonchev–Trinajstić information content (AvgIpc) is 4.09. The maximum Gasteiger partial charge on any atom is 0.532 e. The molecule has 9 heteroatoms. The SMILES string of the molecule is CC1(C)OB(c2cccc3sc4c5cc(CC6(C)OB(c7cc8cc(-c9cccc%10sc%11ccc%12ccccc%12c%11c9%10)ccc8o7)OC6(C)C)ccc5c5ccccc5c4c23)OC1(C)C. The van der Waals surface area contributed by atoms with E-state index in [1.807, 2.05) is 22.7 Å². The Morgan fingerprint density at radius 1 is 0.462 bits per heavy atom. The average molecular weight is 885 g/mol. The van der Waals surface area contributed by atoms with Crippen LogP contribution >= 0.6 is 22.7 Å². The summed E-state index contributed by atoms with van der Waals surface area (Å²) in [4.78, 5) is 0. The zero-order chi connectivity index (χ0) is 44.2. The summed E-state index contributed by atoms with van der Waals surface area (Å²) in [5, 5.41) is 13.6. The second-order valence-electron chi connectivity index (χ2n) is 19.9. The van der Waals surface area contributed by atoms with Crippen molar-refractivity contribution < 1.29 is 23.0 Å². The Morgan fingerprint density at radius 2 is 1.15 bits per heavy atom. The van der Waals surface area contributed by atoms with Gasteiger partial charge in [0.05, 0.1) is 22.4 Å². The van der Waals surface area contributed by atoms with Gasteiger partial charge in [0.25, 0.3) is 0 Å². The largest absolute Gasteiger partial charge is 0.532 e. The van der Waals surface area contributed by atoms with E-state index in [-0.39, 0.29) is 0 Å². The highest BCUT2D eigenvalue weighted by molar-refractivity contribution is 7.27. The number of hydrogen-bond donors (Lipinski definition) is 0.